The van der Waals surface area contributed by atoms with Gasteiger partial charge in [-0.25, -0.2) is 8.78 Å². The summed E-state index contributed by atoms with van der Waals surface area (Å²) < 4.78 is 26.3. The van der Waals surface area contributed by atoms with E-state index in [-0.39, 0.29) is 5.56 Å². The SMILES string of the molecule is CC[C@H](C)c1ccc(NC(=O)c2ccc(F)cc2F)cc1. The molecule has 2 rings (SSSR count). The van der Waals surface area contributed by atoms with Gasteiger partial charge in [-0.1, -0.05) is 26.0 Å². The van der Waals surface area contributed by atoms with Crippen molar-refractivity contribution in [3.8, 4) is 0 Å². The van der Waals surface area contributed by atoms with Crippen molar-refractivity contribution in [2.24, 2.45) is 0 Å². The summed E-state index contributed by atoms with van der Waals surface area (Å²) in [7, 11) is 0. The number of hydrogen-bond acceptors (Lipinski definition) is 1. The molecule has 0 saturated carbocycles. The van der Waals surface area contributed by atoms with Crippen LogP contribution >= 0.6 is 0 Å². The van der Waals surface area contributed by atoms with Crippen molar-refractivity contribution in [2.45, 2.75) is 26.2 Å². The molecule has 0 aromatic heterocycles. The van der Waals surface area contributed by atoms with Crippen molar-refractivity contribution in [1.82, 2.24) is 0 Å². The average molecular weight is 289 g/mol. The van der Waals surface area contributed by atoms with Crippen LogP contribution in [0.5, 0.6) is 0 Å². The van der Waals surface area contributed by atoms with E-state index in [1.807, 2.05) is 12.1 Å². The van der Waals surface area contributed by atoms with Crippen LogP contribution in [-0.4, -0.2) is 5.91 Å². The number of carbonyl (C=O) groups is 1. The fourth-order valence-corrected chi connectivity index (χ4v) is 2.00. The van der Waals surface area contributed by atoms with Crippen LogP contribution in [0.15, 0.2) is 42.5 Å². The number of anilines is 1. The molecule has 1 N–H and O–H groups in total. The van der Waals surface area contributed by atoms with Crippen molar-refractivity contribution < 1.29 is 13.6 Å². The second-order valence-corrected chi connectivity index (χ2v) is 5.01. The first-order chi connectivity index (χ1) is 10.0. The Morgan fingerprint density at radius 1 is 1.14 bits per heavy atom. The van der Waals surface area contributed by atoms with E-state index < -0.39 is 17.5 Å². The molecule has 0 aliphatic heterocycles. The molecule has 4 heteroatoms. The molecule has 2 aromatic carbocycles. The molecule has 21 heavy (non-hydrogen) atoms. The maximum absolute atomic E-state index is 13.5. The van der Waals surface area contributed by atoms with E-state index in [0.29, 0.717) is 17.7 Å². The Balaban J connectivity index is 2.12. The minimum absolute atomic E-state index is 0.178. The molecule has 0 aliphatic carbocycles. The molecule has 0 unspecified atom stereocenters. The highest BCUT2D eigenvalue weighted by Gasteiger charge is 2.12. The third kappa shape index (κ3) is 3.66. The van der Waals surface area contributed by atoms with Crippen molar-refractivity contribution in [2.75, 3.05) is 5.32 Å². The van der Waals surface area contributed by atoms with Gasteiger partial charge in [0.1, 0.15) is 11.6 Å². The lowest BCUT2D eigenvalue weighted by Gasteiger charge is -2.10. The third-order valence-corrected chi connectivity index (χ3v) is 3.53. The molecule has 0 saturated heterocycles. The zero-order valence-corrected chi connectivity index (χ0v) is 12.0. The highest BCUT2D eigenvalue weighted by atomic mass is 19.1. The number of rotatable bonds is 4. The number of halogens is 2. The lowest BCUT2D eigenvalue weighted by atomic mass is 9.98. The molecule has 1 amide bonds. The minimum atomic E-state index is -0.872. The van der Waals surface area contributed by atoms with Gasteiger partial charge in [0.25, 0.3) is 5.91 Å². The van der Waals surface area contributed by atoms with Crippen LogP contribution < -0.4 is 5.32 Å². The van der Waals surface area contributed by atoms with Crippen molar-refractivity contribution in [1.29, 1.82) is 0 Å². The van der Waals surface area contributed by atoms with Crippen LogP contribution in [0.1, 0.15) is 42.1 Å². The summed E-state index contributed by atoms with van der Waals surface area (Å²) in [5.74, 6) is -1.72. The van der Waals surface area contributed by atoms with E-state index in [0.717, 1.165) is 18.6 Å². The Labute approximate surface area is 122 Å². The van der Waals surface area contributed by atoms with Crippen LogP contribution in [0.4, 0.5) is 14.5 Å². The third-order valence-electron chi connectivity index (χ3n) is 3.53. The monoisotopic (exact) mass is 289 g/mol. The molecule has 0 bridgehead atoms. The molecule has 110 valence electrons. The van der Waals surface area contributed by atoms with Crippen LogP contribution in [0.2, 0.25) is 0 Å². The van der Waals surface area contributed by atoms with Gasteiger partial charge in [-0.3, -0.25) is 4.79 Å². The van der Waals surface area contributed by atoms with Gasteiger partial charge in [-0.2, -0.15) is 0 Å². The lowest BCUT2D eigenvalue weighted by molar-refractivity contribution is 0.102. The Bertz CT molecular complexity index is 638. The summed E-state index contributed by atoms with van der Waals surface area (Å²) in [5, 5.41) is 2.60. The number of amides is 1. The Hall–Kier alpha value is -2.23. The Morgan fingerprint density at radius 2 is 1.81 bits per heavy atom. The molecule has 0 radical (unpaired) electrons. The zero-order valence-electron chi connectivity index (χ0n) is 12.0. The molecule has 0 aliphatic rings. The van der Waals surface area contributed by atoms with Gasteiger partial charge >= 0.3 is 0 Å². The van der Waals surface area contributed by atoms with Gasteiger partial charge in [0, 0.05) is 11.8 Å². The molecule has 2 aromatic rings. The Morgan fingerprint density at radius 3 is 2.38 bits per heavy atom. The van der Waals surface area contributed by atoms with E-state index >= 15 is 0 Å². The lowest BCUT2D eigenvalue weighted by Crippen LogP contribution is -2.14. The summed E-state index contributed by atoms with van der Waals surface area (Å²) in [4.78, 5) is 11.9. The average Bonchev–Trinajstić information content (AvgIpc) is 2.47. The molecular formula is C17H17F2NO. The first kappa shape index (κ1) is 15.2. The minimum Gasteiger partial charge on any atom is -0.322 e. The second kappa shape index (κ2) is 6.48. The van der Waals surface area contributed by atoms with Gasteiger partial charge in [0.15, 0.2) is 0 Å². The summed E-state index contributed by atoms with van der Waals surface area (Å²) in [5.41, 5.74) is 1.58. The van der Waals surface area contributed by atoms with Crippen LogP contribution in [-0.2, 0) is 0 Å². The topological polar surface area (TPSA) is 29.1 Å². The summed E-state index contributed by atoms with van der Waals surface area (Å²) in [6.07, 6.45) is 1.03. The largest absolute Gasteiger partial charge is 0.322 e. The molecule has 1 atom stereocenters. The summed E-state index contributed by atoms with van der Waals surface area (Å²) >= 11 is 0. The van der Waals surface area contributed by atoms with Crippen molar-refractivity contribution in [3.63, 3.8) is 0 Å². The quantitative estimate of drug-likeness (QED) is 0.866. The predicted molar refractivity (Wildman–Crippen MR) is 79.5 cm³/mol. The molecule has 2 nitrogen and oxygen atoms in total. The van der Waals surface area contributed by atoms with E-state index in [9.17, 15) is 13.6 Å². The summed E-state index contributed by atoms with van der Waals surface area (Å²) in [6, 6.07) is 10.3. The van der Waals surface area contributed by atoms with Gasteiger partial charge < -0.3 is 5.32 Å². The van der Waals surface area contributed by atoms with E-state index in [2.05, 4.69) is 19.2 Å². The fourth-order valence-electron chi connectivity index (χ4n) is 2.00. The van der Waals surface area contributed by atoms with E-state index in [1.54, 1.807) is 12.1 Å². The van der Waals surface area contributed by atoms with E-state index in [1.165, 1.54) is 5.56 Å². The first-order valence-corrected chi connectivity index (χ1v) is 6.87. The highest BCUT2D eigenvalue weighted by Crippen LogP contribution is 2.21. The van der Waals surface area contributed by atoms with Crippen LogP contribution in [0.3, 0.4) is 0 Å². The van der Waals surface area contributed by atoms with Crippen LogP contribution in [0, 0.1) is 11.6 Å². The first-order valence-electron chi connectivity index (χ1n) is 6.87. The van der Waals surface area contributed by atoms with Crippen molar-refractivity contribution >= 4 is 11.6 Å². The second-order valence-electron chi connectivity index (χ2n) is 5.01. The maximum Gasteiger partial charge on any atom is 0.258 e. The number of carbonyl (C=O) groups excluding carboxylic acids is 1. The predicted octanol–water partition coefficient (Wildman–Crippen LogP) is 4.73. The van der Waals surface area contributed by atoms with Gasteiger partial charge in [-0.15, -0.1) is 0 Å². The normalized spacial score (nSPS) is 12.0. The highest BCUT2D eigenvalue weighted by molar-refractivity contribution is 6.04. The summed E-state index contributed by atoms with van der Waals surface area (Å²) in [6.45, 7) is 4.24. The van der Waals surface area contributed by atoms with Gasteiger partial charge in [0.05, 0.1) is 5.56 Å². The molecule has 0 spiro atoms. The van der Waals surface area contributed by atoms with Crippen molar-refractivity contribution in [3.05, 3.63) is 65.2 Å². The molecule has 0 heterocycles. The van der Waals surface area contributed by atoms with E-state index in [4.69, 9.17) is 0 Å². The van der Waals surface area contributed by atoms with Gasteiger partial charge in [0.2, 0.25) is 0 Å². The smallest absolute Gasteiger partial charge is 0.258 e. The fraction of sp³-hybridized carbons (Fsp3) is 0.235. The van der Waals surface area contributed by atoms with Gasteiger partial charge in [-0.05, 0) is 42.2 Å². The standard InChI is InChI=1S/C17H17F2NO/c1-3-11(2)12-4-7-14(8-5-12)20-17(21)15-9-6-13(18)10-16(15)19/h4-11H,3H2,1-2H3,(H,20,21)/t11-/m0/s1. The number of nitrogens with one attached hydrogen (secondary N) is 1. The zero-order chi connectivity index (χ0) is 15.4. The Kier molecular flexibility index (Phi) is 4.68. The number of benzene rings is 2. The molecular weight excluding hydrogens is 272 g/mol. The number of hydrogen-bond donors (Lipinski definition) is 1. The molecule has 0 fully saturated rings. The maximum atomic E-state index is 13.5. The van der Waals surface area contributed by atoms with Crippen LogP contribution in [0.25, 0.3) is 0 Å².